The molecule has 1 heterocycles. The van der Waals surface area contributed by atoms with Crippen LogP contribution in [0.15, 0.2) is 85.5 Å². The number of nitrogens with zero attached hydrogens (tertiary/aromatic N) is 2. The van der Waals surface area contributed by atoms with Crippen molar-refractivity contribution in [3.63, 3.8) is 0 Å². The molecule has 1 aliphatic heterocycles. The van der Waals surface area contributed by atoms with E-state index in [-0.39, 0.29) is 23.7 Å². The van der Waals surface area contributed by atoms with Gasteiger partial charge in [-0.15, -0.1) is 6.58 Å². The summed E-state index contributed by atoms with van der Waals surface area (Å²) < 4.78 is 0. The lowest BCUT2D eigenvalue weighted by Gasteiger charge is -2.48. The van der Waals surface area contributed by atoms with Gasteiger partial charge < -0.3 is 10.4 Å². The van der Waals surface area contributed by atoms with Gasteiger partial charge >= 0.3 is 0 Å². The molecule has 0 unspecified atom stereocenters. The zero-order valence-electron chi connectivity index (χ0n) is 20.8. The highest BCUT2D eigenvalue weighted by atomic mass is 16.3. The highest BCUT2D eigenvalue weighted by Crippen LogP contribution is 2.40. The molecule has 35 heavy (non-hydrogen) atoms. The van der Waals surface area contributed by atoms with E-state index in [0.717, 1.165) is 41.9 Å². The number of amides is 1. The largest absolute Gasteiger partial charge is 0.508 e. The Kier molecular flexibility index (Phi) is 7.69. The van der Waals surface area contributed by atoms with E-state index in [1.165, 1.54) is 0 Å². The molecule has 2 N–H and O–H groups in total. The third-order valence-corrected chi connectivity index (χ3v) is 6.97. The number of phenolic OH excluding ortho intramolecular Hbond substituents is 1. The molecular formula is C30H35N3O2. The standard InChI is InChI=1S/C30H35N3O2/c1-5-17-32-19-22(3)33(20-21(32)2)29(24-13-9-14-25(34)18-24)26-15-10-16-27(30(35)31-4)28(26)23-11-7-6-8-12-23/h5-16,18,21-22,29,34H,1,17,19-20H2,2-4H3,(H,31,35)/t21-,22+,29+/m1/s1. The van der Waals surface area contributed by atoms with Gasteiger partial charge in [0.1, 0.15) is 5.75 Å². The molecule has 1 fully saturated rings. The summed E-state index contributed by atoms with van der Waals surface area (Å²) >= 11 is 0. The lowest BCUT2D eigenvalue weighted by molar-refractivity contribution is 0.0307. The van der Waals surface area contributed by atoms with Gasteiger partial charge in [0.25, 0.3) is 5.91 Å². The monoisotopic (exact) mass is 469 g/mol. The molecule has 0 aliphatic carbocycles. The lowest BCUT2D eigenvalue weighted by atomic mass is 9.85. The summed E-state index contributed by atoms with van der Waals surface area (Å²) in [5.74, 6) is 0.125. The maximum atomic E-state index is 13.0. The predicted octanol–water partition coefficient (Wildman–Crippen LogP) is 5.09. The number of hydrogen-bond donors (Lipinski definition) is 2. The molecule has 5 heteroatoms. The summed E-state index contributed by atoms with van der Waals surface area (Å²) in [5, 5.41) is 13.2. The number of carbonyl (C=O) groups excluding carboxylic acids is 1. The van der Waals surface area contributed by atoms with Crippen molar-refractivity contribution in [1.82, 2.24) is 15.1 Å². The van der Waals surface area contributed by atoms with Crippen molar-refractivity contribution in [2.45, 2.75) is 32.0 Å². The molecule has 0 bridgehead atoms. The minimum absolute atomic E-state index is 0.113. The smallest absolute Gasteiger partial charge is 0.251 e. The fraction of sp³-hybridized carbons (Fsp3) is 0.300. The van der Waals surface area contributed by atoms with Crippen molar-refractivity contribution in [2.75, 3.05) is 26.7 Å². The maximum Gasteiger partial charge on any atom is 0.251 e. The maximum absolute atomic E-state index is 13.0. The van der Waals surface area contributed by atoms with Crippen LogP contribution in [0.5, 0.6) is 5.75 Å². The molecule has 1 amide bonds. The first-order chi connectivity index (χ1) is 16.9. The molecule has 0 radical (unpaired) electrons. The number of phenols is 1. The molecule has 5 nitrogen and oxygen atoms in total. The minimum Gasteiger partial charge on any atom is -0.508 e. The van der Waals surface area contributed by atoms with E-state index in [1.807, 2.05) is 48.5 Å². The Morgan fingerprint density at radius 1 is 1.06 bits per heavy atom. The van der Waals surface area contributed by atoms with Crippen LogP contribution in [0, 0.1) is 0 Å². The first kappa shape index (κ1) is 24.7. The van der Waals surface area contributed by atoms with Crippen LogP contribution < -0.4 is 5.32 Å². The van der Waals surface area contributed by atoms with Crippen molar-refractivity contribution >= 4 is 5.91 Å². The van der Waals surface area contributed by atoms with E-state index in [1.54, 1.807) is 13.1 Å². The summed E-state index contributed by atoms with van der Waals surface area (Å²) in [4.78, 5) is 18.0. The predicted molar refractivity (Wildman–Crippen MR) is 143 cm³/mol. The van der Waals surface area contributed by atoms with Crippen LogP contribution in [0.3, 0.4) is 0 Å². The molecule has 3 aromatic carbocycles. The van der Waals surface area contributed by atoms with Crippen LogP contribution in [-0.2, 0) is 0 Å². The number of aromatic hydroxyl groups is 1. The van der Waals surface area contributed by atoms with Gasteiger partial charge in [0.2, 0.25) is 0 Å². The molecule has 0 aromatic heterocycles. The zero-order chi connectivity index (χ0) is 24.9. The number of carbonyl (C=O) groups is 1. The highest BCUT2D eigenvalue weighted by Gasteiger charge is 2.36. The Labute approximate surface area is 208 Å². The number of benzene rings is 3. The fourth-order valence-electron chi connectivity index (χ4n) is 5.30. The minimum atomic E-state index is -0.134. The number of nitrogens with one attached hydrogen (secondary N) is 1. The van der Waals surface area contributed by atoms with Gasteiger partial charge in [0.05, 0.1) is 6.04 Å². The van der Waals surface area contributed by atoms with Gasteiger partial charge in [-0.25, -0.2) is 0 Å². The second kappa shape index (κ2) is 10.9. The molecule has 1 aliphatic rings. The third kappa shape index (κ3) is 5.16. The van der Waals surface area contributed by atoms with Crippen LogP contribution in [0.4, 0.5) is 0 Å². The first-order valence-corrected chi connectivity index (χ1v) is 12.2. The van der Waals surface area contributed by atoms with Gasteiger partial charge in [-0.2, -0.15) is 0 Å². The average Bonchev–Trinajstić information content (AvgIpc) is 2.87. The van der Waals surface area contributed by atoms with Crippen LogP contribution in [0.25, 0.3) is 11.1 Å². The van der Waals surface area contributed by atoms with Gasteiger partial charge in [-0.3, -0.25) is 14.6 Å². The van der Waals surface area contributed by atoms with E-state index >= 15 is 0 Å². The summed E-state index contributed by atoms with van der Waals surface area (Å²) in [6.07, 6.45) is 1.96. The van der Waals surface area contributed by atoms with Crippen LogP contribution in [-0.4, -0.2) is 59.6 Å². The van der Waals surface area contributed by atoms with E-state index in [9.17, 15) is 9.90 Å². The summed E-state index contributed by atoms with van der Waals surface area (Å²) in [7, 11) is 1.67. The molecular weight excluding hydrogens is 434 g/mol. The van der Waals surface area contributed by atoms with Gasteiger partial charge in [-0.05, 0) is 54.3 Å². The average molecular weight is 470 g/mol. The SMILES string of the molecule is C=CCN1C[C@H](C)N([C@@H](c2cccc(O)c2)c2cccc(C(=O)NC)c2-c2ccccc2)C[C@H]1C. The Bertz CT molecular complexity index is 1180. The second-order valence-corrected chi connectivity index (χ2v) is 9.35. The van der Waals surface area contributed by atoms with Crippen molar-refractivity contribution in [1.29, 1.82) is 0 Å². The van der Waals surface area contributed by atoms with E-state index in [0.29, 0.717) is 11.6 Å². The first-order valence-electron chi connectivity index (χ1n) is 12.2. The molecule has 4 rings (SSSR count). The Balaban J connectivity index is 1.93. The normalized spacial score (nSPS) is 19.7. The highest BCUT2D eigenvalue weighted by molar-refractivity contribution is 6.01. The Morgan fingerprint density at radius 3 is 2.49 bits per heavy atom. The Hall–Kier alpha value is -3.41. The summed E-state index contributed by atoms with van der Waals surface area (Å²) in [6.45, 7) is 11.1. The van der Waals surface area contributed by atoms with Crippen molar-refractivity contribution in [3.05, 3.63) is 102 Å². The quantitative estimate of drug-likeness (QED) is 0.474. The molecule has 0 saturated carbocycles. The lowest BCUT2D eigenvalue weighted by Crippen LogP contribution is -2.57. The summed E-state index contributed by atoms with van der Waals surface area (Å²) in [5.41, 5.74) is 4.63. The number of piperazine rings is 1. The molecule has 0 spiro atoms. The van der Waals surface area contributed by atoms with Crippen molar-refractivity contribution in [3.8, 4) is 16.9 Å². The van der Waals surface area contributed by atoms with Gasteiger partial charge in [0.15, 0.2) is 0 Å². The van der Waals surface area contributed by atoms with E-state index < -0.39 is 0 Å². The van der Waals surface area contributed by atoms with Crippen LogP contribution >= 0.6 is 0 Å². The third-order valence-electron chi connectivity index (χ3n) is 6.97. The Morgan fingerprint density at radius 2 is 1.80 bits per heavy atom. The van der Waals surface area contributed by atoms with Crippen molar-refractivity contribution in [2.24, 2.45) is 0 Å². The molecule has 182 valence electrons. The zero-order valence-corrected chi connectivity index (χ0v) is 20.8. The van der Waals surface area contributed by atoms with E-state index in [2.05, 4.69) is 59.8 Å². The number of rotatable bonds is 7. The van der Waals surface area contributed by atoms with Crippen molar-refractivity contribution < 1.29 is 9.90 Å². The summed E-state index contributed by atoms with van der Waals surface area (Å²) in [6, 6.07) is 24.0. The molecule has 1 saturated heterocycles. The molecule has 3 aromatic rings. The van der Waals surface area contributed by atoms with E-state index in [4.69, 9.17) is 0 Å². The van der Waals surface area contributed by atoms with Crippen LogP contribution in [0.1, 0.15) is 41.4 Å². The molecule has 3 atom stereocenters. The number of hydrogen-bond acceptors (Lipinski definition) is 4. The van der Waals surface area contributed by atoms with Gasteiger partial charge in [-0.1, -0.05) is 60.7 Å². The second-order valence-electron chi connectivity index (χ2n) is 9.35. The van der Waals surface area contributed by atoms with Gasteiger partial charge in [0, 0.05) is 44.3 Å². The topological polar surface area (TPSA) is 55.8 Å². The fourth-order valence-corrected chi connectivity index (χ4v) is 5.30. The van der Waals surface area contributed by atoms with Crippen LogP contribution in [0.2, 0.25) is 0 Å².